The molecule has 0 bridgehead atoms. The van der Waals surface area contributed by atoms with Crippen LogP contribution in [-0.4, -0.2) is 29.0 Å². The molecule has 3 aromatic carbocycles. The first-order valence-electron chi connectivity index (χ1n) is 11.7. The Kier molecular flexibility index (Phi) is 6.70. The number of hydrogen-bond acceptors (Lipinski definition) is 6. The number of methoxy groups -OCH3 is 1. The monoisotopic (exact) mass is 499 g/mol. The first-order chi connectivity index (χ1) is 17.9. The number of ether oxygens (including phenoxy) is 1. The highest BCUT2D eigenvalue weighted by atomic mass is 19.1. The van der Waals surface area contributed by atoms with Crippen molar-refractivity contribution in [3.8, 4) is 11.3 Å². The van der Waals surface area contributed by atoms with Crippen molar-refractivity contribution in [3.05, 3.63) is 117 Å². The number of nitro groups is 1. The van der Waals surface area contributed by atoms with Gasteiger partial charge in [0.15, 0.2) is 6.04 Å². The van der Waals surface area contributed by atoms with Gasteiger partial charge in [0.1, 0.15) is 17.6 Å². The van der Waals surface area contributed by atoms with E-state index in [9.17, 15) is 14.9 Å². The molecule has 0 aliphatic carbocycles. The molecule has 4 aromatic rings. The van der Waals surface area contributed by atoms with E-state index in [2.05, 4.69) is 10.3 Å². The van der Waals surface area contributed by atoms with Crippen LogP contribution in [0, 0.1) is 15.9 Å². The molecule has 1 aliphatic rings. The summed E-state index contributed by atoms with van der Waals surface area (Å²) in [5.74, 6) is -0.673. The maximum Gasteiger partial charge on any atom is 0.359 e. The minimum Gasteiger partial charge on any atom is -0.380 e. The number of nitrogens with one attached hydrogen (secondary N) is 1. The Labute approximate surface area is 212 Å². The first kappa shape index (κ1) is 24.2. The largest absolute Gasteiger partial charge is 0.380 e. The molecule has 1 atom stereocenters. The van der Waals surface area contributed by atoms with Crippen LogP contribution in [0.15, 0.2) is 79.0 Å². The fourth-order valence-corrected chi connectivity index (χ4v) is 4.56. The van der Waals surface area contributed by atoms with E-state index in [0.29, 0.717) is 31.0 Å². The van der Waals surface area contributed by atoms with Gasteiger partial charge in [0.05, 0.1) is 11.5 Å². The predicted octanol–water partition coefficient (Wildman–Crippen LogP) is 4.50. The standard InChI is InChI=1S/C28H23FN4O4/c1-37-17-20-10-5-9-19(13-20)15-23-28(34)32-16-24(21-11-6-12-25(26(21)29)33(35)36)30-22(27(32)31-23)14-18-7-3-2-4-8-18/h2-13,16,23H,14-15,17H2,1H3/p+1. The molecular formula is C28H24FN4O4+. The molecule has 1 aromatic heterocycles. The minimum absolute atomic E-state index is 0.0395. The van der Waals surface area contributed by atoms with Crippen molar-refractivity contribution >= 4 is 17.4 Å². The Morgan fingerprint density at radius 3 is 2.54 bits per heavy atom. The van der Waals surface area contributed by atoms with Crippen LogP contribution in [-0.2, 0) is 24.2 Å². The fraction of sp³-hybridized carbons (Fsp3) is 0.179. The van der Waals surface area contributed by atoms with Crippen LogP contribution in [0.4, 0.5) is 15.9 Å². The number of fused-ring (bicyclic) bond motifs is 1. The Bertz CT molecular complexity index is 1490. The number of carbonyl (C=O) groups excluding carboxylic acids is 1. The van der Waals surface area contributed by atoms with Crippen LogP contribution in [0.5, 0.6) is 0 Å². The Morgan fingerprint density at radius 1 is 1.05 bits per heavy atom. The molecule has 1 N–H and O–H groups in total. The van der Waals surface area contributed by atoms with E-state index >= 15 is 4.39 Å². The van der Waals surface area contributed by atoms with Crippen LogP contribution < -0.4 is 9.88 Å². The maximum atomic E-state index is 15.1. The zero-order valence-electron chi connectivity index (χ0n) is 20.1. The van der Waals surface area contributed by atoms with Crippen molar-refractivity contribution in [2.75, 3.05) is 12.4 Å². The Morgan fingerprint density at radius 2 is 1.78 bits per heavy atom. The summed E-state index contributed by atoms with van der Waals surface area (Å²) < 4.78 is 21.7. The molecule has 0 saturated carbocycles. The molecule has 0 spiro atoms. The maximum absolute atomic E-state index is 15.1. The second kappa shape index (κ2) is 10.2. The number of aromatic nitrogens is 2. The van der Waals surface area contributed by atoms with Crippen molar-refractivity contribution < 1.29 is 23.4 Å². The van der Waals surface area contributed by atoms with Crippen molar-refractivity contribution in [1.29, 1.82) is 0 Å². The lowest BCUT2D eigenvalue weighted by molar-refractivity contribution is -0.552. The normalized spacial score (nSPS) is 14.3. The number of benzene rings is 3. The molecule has 0 radical (unpaired) electrons. The predicted molar refractivity (Wildman–Crippen MR) is 135 cm³/mol. The van der Waals surface area contributed by atoms with Crippen LogP contribution in [0.1, 0.15) is 27.2 Å². The molecule has 2 heterocycles. The quantitative estimate of drug-likeness (QED) is 0.218. The highest BCUT2D eigenvalue weighted by molar-refractivity contribution is 5.83. The number of carbonyl (C=O) groups is 1. The third-order valence-electron chi connectivity index (χ3n) is 6.28. The van der Waals surface area contributed by atoms with E-state index < -0.39 is 22.5 Å². The van der Waals surface area contributed by atoms with Crippen LogP contribution in [0.3, 0.4) is 0 Å². The molecule has 0 amide bonds. The average molecular weight is 500 g/mol. The summed E-state index contributed by atoms with van der Waals surface area (Å²) >= 11 is 0. The topological polar surface area (TPSA) is 98.2 Å². The molecule has 37 heavy (non-hydrogen) atoms. The molecule has 0 fully saturated rings. The third-order valence-corrected chi connectivity index (χ3v) is 6.28. The number of nitrogens with zero attached hydrogens (tertiary/aromatic N) is 3. The number of halogens is 1. The highest BCUT2D eigenvalue weighted by Crippen LogP contribution is 2.30. The molecule has 8 nitrogen and oxygen atoms in total. The van der Waals surface area contributed by atoms with Crippen LogP contribution in [0.25, 0.3) is 11.3 Å². The van der Waals surface area contributed by atoms with E-state index in [1.807, 2.05) is 54.6 Å². The zero-order chi connectivity index (χ0) is 25.9. The third kappa shape index (κ3) is 4.94. The number of hydrogen-bond donors (Lipinski definition) is 1. The van der Waals surface area contributed by atoms with Gasteiger partial charge >= 0.3 is 17.4 Å². The van der Waals surface area contributed by atoms with Gasteiger partial charge in [0.2, 0.25) is 5.82 Å². The minimum atomic E-state index is -0.990. The average Bonchev–Trinajstić information content (AvgIpc) is 3.20. The van der Waals surface area contributed by atoms with Gasteiger partial charge in [-0.15, -0.1) is 0 Å². The summed E-state index contributed by atoms with van der Waals surface area (Å²) in [6.07, 6.45) is 2.27. The van der Waals surface area contributed by atoms with Crippen molar-refractivity contribution in [3.63, 3.8) is 0 Å². The van der Waals surface area contributed by atoms with Crippen LogP contribution in [0.2, 0.25) is 0 Å². The van der Waals surface area contributed by atoms with Gasteiger partial charge in [-0.2, -0.15) is 8.96 Å². The molecule has 1 aliphatic heterocycles. The smallest absolute Gasteiger partial charge is 0.359 e. The van der Waals surface area contributed by atoms with E-state index in [4.69, 9.17) is 4.74 Å². The van der Waals surface area contributed by atoms with Gasteiger partial charge in [-0.3, -0.25) is 15.4 Å². The second-order valence-electron chi connectivity index (χ2n) is 8.84. The first-order valence-corrected chi connectivity index (χ1v) is 11.7. The zero-order valence-corrected chi connectivity index (χ0v) is 20.1. The summed E-state index contributed by atoms with van der Waals surface area (Å²) in [5, 5.41) is 14.6. The van der Waals surface area contributed by atoms with Crippen molar-refractivity contribution in [1.82, 2.24) is 4.98 Å². The van der Waals surface area contributed by atoms with Crippen LogP contribution >= 0.6 is 0 Å². The molecule has 9 heteroatoms. The second-order valence-corrected chi connectivity index (χ2v) is 8.84. The summed E-state index contributed by atoms with van der Waals surface area (Å²) in [7, 11) is 1.63. The Balaban J connectivity index is 1.56. The number of nitro benzene ring substituents is 1. The molecule has 186 valence electrons. The van der Waals surface area contributed by atoms with Gasteiger partial charge < -0.3 is 4.74 Å². The lowest BCUT2D eigenvalue weighted by atomic mass is 10.0. The molecule has 1 unspecified atom stereocenters. The van der Waals surface area contributed by atoms with E-state index in [0.717, 1.165) is 22.8 Å². The summed E-state index contributed by atoms with van der Waals surface area (Å²) in [5.41, 5.74) is 2.93. The fourth-order valence-electron chi connectivity index (χ4n) is 4.56. The summed E-state index contributed by atoms with van der Waals surface area (Å²) in [4.78, 5) is 28.7. The summed E-state index contributed by atoms with van der Waals surface area (Å²) in [6, 6.07) is 20.8. The van der Waals surface area contributed by atoms with Gasteiger partial charge in [0.25, 0.3) is 0 Å². The van der Waals surface area contributed by atoms with Crippen molar-refractivity contribution in [2.24, 2.45) is 0 Å². The van der Waals surface area contributed by atoms with Gasteiger partial charge in [-0.1, -0.05) is 60.7 Å². The lowest BCUT2D eigenvalue weighted by Gasteiger charge is -2.08. The highest BCUT2D eigenvalue weighted by Gasteiger charge is 2.41. The molecule has 5 rings (SSSR count). The van der Waals surface area contributed by atoms with Gasteiger partial charge in [0, 0.05) is 31.6 Å². The number of rotatable bonds is 8. The van der Waals surface area contributed by atoms with Gasteiger partial charge in [-0.25, -0.2) is 9.78 Å². The lowest BCUT2D eigenvalue weighted by Crippen LogP contribution is -2.44. The van der Waals surface area contributed by atoms with E-state index in [1.54, 1.807) is 7.11 Å². The van der Waals surface area contributed by atoms with Gasteiger partial charge in [-0.05, 0) is 22.8 Å². The molecular weight excluding hydrogens is 475 g/mol. The van der Waals surface area contributed by atoms with Crippen molar-refractivity contribution in [2.45, 2.75) is 25.5 Å². The van der Waals surface area contributed by atoms with E-state index in [1.165, 1.54) is 22.9 Å². The van der Waals surface area contributed by atoms with E-state index in [-0.39, 0.29) is 17.2 Å². The Hall–Kier alpha value is -4.50. The summed E-state index contributed by atoms with van der Waals surface area (Å²) in [6.45, 7) is 0.470. The molecule has 0 saturated heterocycles. The SMILES string of the molecule is COCc1cccc(CC2Nc3c(Cc4ccccc4)nc(-c4cccc([N+](=O)[O-])c4F)c[n+]3C2=O)c1. The number of anilines is 1.